The number of imide groups is 1. The normalized spacial score (nSPS) is 18.4. The van der Waals surface area contributed by atoms with Gasteiger partial charge in [-0.05, 0) is 61.9 Å². The number of likely N-dealkylation sites (tertiary alicyclic amines) is 1. The van der Waals surface area contributed by atoms with Crippen molar-refractivity contribution < 1.29 is 14.3 Å². The summed E-state index contributed by atoms with van der Waals surface area (Å²) in [6, 6.07) is 11.8. The average molecular weight is 463 g/mol. The molecule has 0 bridgehead atoms. The van der Waals surface area contributed by atoms with Gasteiger partial charge in [0.1, 0.15) is 11.3 Å². The number of nitrogens with zero attached hydrogens (tertiary/aromatic N) is 4. The Labute approximate surface area is 202 Å². The Balaban J connectivity index is 1.32. The van der Waals surface area contributed by atoms with E-state index in [1.54, 1.807) is 13.3 Å². The molecule has 1 spiro atoms. The maximum absolute atomic E-state index is 13.5. The number of likely N-dealkylation sites (N-methyl/N-ethyl adjacent to an activating group) is 1. The van der Waals surface area contributed by atoms with Crippen LogP contribution in [0, 0.1) is 0 Å². The Kier molecular flexibility index (Phi) is 7.63. The van der Waals surface area contributed by atoms with E-state index in [1.165, 1.54) is 4.90 Å². The van der Waals surface area contributed by atoms with Gasteiger partial charge in [0.15, 0.2) is 0 Å². The highest BCUT2D eigenvalue weighted by Gasteiger charge is 2.56. The van der Waals surface area contributed by atoms with Crippen LogP contribution >= 0.6 is 0 Å². The first kappa shape index (κ1) is 24.0. The van der Waals surface area contributed by atoms with Gasteiger partial charge in [-0.1, -0.05) is 30.4 Å². The first-order chi connectivity index (χ1) is 16.6. The standard InChI is InChI=1S/C27H34N4O3/c1-3-31-26(33)30(18-6-9-23-7-4-16-28-21-23)25(32)27(31)14-19-29(20-15-27)17-5-8-22-10-12-24(34-2)13-11-22/h4-5,7-8,10-13,16,21H,3,6,9,14-15,17-20H2,1-2H3. The third kappa shape index (κ3) is 4.99. The molecule has 2 fully saturated rings. The van der Waals surface area contributed by atoms with Crippen molar-refractivity contribution >= 4 is 18.0 Å². The molecule has 0 aliphatic carbocycles. The van der Waals surface area contributed by atoms with Crippen molar-refractivity contribution in [2.45, 2.75) is 38.1 Å². The Morgan fingerprint density at radius 2 is 1.88 bits per heavy atom. The molecule has 0 atom stereocenters. The number of amides is 3. The first-order valence-corrected chi connectivity index (χ1v) is 12.1. The molecule has 1 aromatic carbocycles. The molecule has 3 amide bonds. The number of urea groups is 1. The Morgan fingerprint density at radius 1 is 1.12 bits per heavy atom. The van der Waals surface area contributed by atoms with Crippen LogP contribution in [0.4, 0.5) is 4.79 Å². The number of methoxy groups -OCH3 is 1. The van der Waals surface area contributed by atoms with Crippen LogP contribution in [0.15, 0.2) is 54.9 Å². The fourth-order valence-electron chi connectivity index (χ4n) is 5.05. The number of piperidine rings is 1. The highest BCUT2D eigenvalue weighted by molar-refractivity contribution is 6.07. The summed E-state index contributed by atoms with van der Waals surface area (Å²) < 4.78 is 5.20. The van der Waals surface area contributed by atoms with E-state index < -0.39 is 5.54 Å². The van der Waals surface area contributed by atoms with Crippen LogP contribution in [0.1, 0.15) is 37.3 Å². The first-order valence-electron chi connectivity index (χ1n) is 12.1. The monoisotopic (exact) mass is 462 g/mol. The second kappa shape index (κ2) is 10.8. The van der Waals surface area contributed by atoms with Gasteiger partial charge in [-0.2, -0.15) is 0 Å². The third-order valence-electron chi connectivity index (χ3n) is 6.98. The minimum atomic E-state index is -0.684. The minimum Gasteiger partial charge on any atom is -0.497 e. The number of aromatic nitrogens is 1. The van der Waals surface area contributed by atoms with Gasteiger partial charge >= 0.3 is 6.03 Å². The van der Waals surface area contributed by atoms with Gasteiger partial charge in [0.2, 0.25) is 0 Å². The predicted octanol–water partition coefficient (Wildman–Crippen LogP) is 3.85. The van der Waals surface area contributed by atoms with Crippen LogP contribution in [0.25, 0.3) is 6.08 Å². The molecule has 7 nitrogen and oxygen atoms in total. The largest absolute Gasteiger partial charge is 0.497 e. The topological polar surface area (TPSA) is 66.0 Å². The summed E-state index contributed by atoms with van der Waals surface area (Å²) in [5, 5.41) is 0. The second-order valence-corrected chi connectivity index (χ2v) is 8.96. The van der Waals surface area contributed by atoms with Crippen molar-refractivity contribution in [1.82, 2.24) is 19.7 Å². The van der Waals surface area contributed by atoms with Gasteiger partial charge in [0.05, 0.1) is 7.11 Å². The molecule has 2 saturated heterocycles. The van der Waals surface area contributed by atoms with Crippen molar-refractivity contribution in [3.05, 3.63) is 66.0 Å². The van der Waals surface area contributed by atoms with E-state index in [2.05, 4.69) is 22.0 Å². The summed E-state index contributed by atoms with van der Waals surface area (Å²) in [6.45, 7) is 5.40. The van der Waals surface area contributed by atoms with Crippen LogP contribution in [0.3, 0.4) is 0 Å². The van der Waals surface area contributed by atoms with Crippen molar-refractivity contribution in [2.24, 2.45) is 0 Å². The number of hydrogen-bond acceptors (Lipinski definition) is 5. The molecule has 1 aromatic heterocycles. The van der Waals surface area contributed by atoms with Gasteiger partial charge in [-0.15, -0.1) is 0 Å². The zero-order chi connectivity index (χ0) is 24.0. The number of hydrogen-bond donors (Lipinski definition) is 0. The van der Waals surface area contributed by atoms with E-state index in [4.69, 9.17) is 4.74 Å². The zero-order valence-electron chi connectivity index (χ0n) is 20.2. The number of rotatable bonds is 9. The number of benzene rings is 1. The molecular weight excluding hydrogens is 428 g/mol. The lowest BCUT2D eigenvalue weighted by Gasteiger charge is -2.41. The Morgan fingerprint density at radius 3 is 2.53 bits per heavy atom. The van der Waals surface area contributed by atoms with Crippen LogP contribution in [0.5, 0.6) is 5.75 Å². The summed E-state index contributed by atoms with van der Waals surface area (Å²) in [6.07, 6.45) is 10.8. The Hall–Kier alpha value is -3.19. The molecule has 0 radical (unpaired) electrons. The van der Waals surface area contributed by atoms with Gasteiger partial charge in [-0.25, -0.2) is 4.79 Å². The number of pyridine rings is 1. The smallest absolute Gasteiger partial charge is 0.327 e. The predicted molar refractivity (Wildman–Crippen MR) is 132 cm³/mol. The summed E-state index contributed by atoms with van der Waals surface area (Å²) >= 11 is 0. The fourth-order valence-corrected chi connectivity index (χ4v) is 5.05. The number of aryl methyl sites for hydroxylation is 1. The maximum atomic E-state index is 13.5. The summed E-state index contributed by atoms with van der Waals surface area (Å²) in [5.41, 5.74) is 1.57. The maximum Gasteiger partial charge on any atom is 0.327 e. The summed E-state index contributed by atoms with van der Waals surface area (Å²) in [5.74, 6) is 0.833. The molecule has 3 heterocycles. The number of ether oxygens (including phenoxy) is 1. The van der Waals surface area contributed by atoms with E-state index in [0.717, 1.165) is 49.4 Å². The van der Waals surface area contributed by atoms with Crippen molar-refractivity contribution in [2.75, 3.05) is 39.8 Å². The van der Waals surface area contributed by atoms with E-state index in [9.17, 15) is 9.59 Å². The van der Waals surface area contributed by atoms with Crippen LogP contribution in [-0.2, 0) is 11.2 Å². The van der Waals surface area contributed by atoms with Crippen molar-refractivity contribution in [3.8, 4) is 5.75 Å². The van der Waals surface area contributed by atoms with E-state index in [1.807, 2.05) is 54.4 Å². The molecular formula is C27H34N4O3. The van der Waals surface area contributed by atoms with Crippen LogP contribution in [0.2, 0.25) is 0 Å². The molecule has 2 aromatic rings. The fraction of sp³-hybridized carbons (Fsp3) is 0.444. The van der Waals surface area contributed by atoms with Crippen LogP contribution < -0.4 is 4.74 Å². The number of carbonyl (C=O) groups is 2. The van der Waals surface area contributed by atoms with Gasteiger partial charge in [-0.3, -0.25) is 19.6 Å². The summed E-state index contributed by atoms with van der Waals surface area (Å²) in [4.78, 5) is 36.4. The lowest BCUT2D eigenvalue weighted by atomic mass is 9.85. The van der Waals surface area contributed by atoms with Crippen molar-refractivity contribution in [3.63, 3.8) is 0 Å². The molecule has 2 aliphatic rings. The molecule has 0 unspecified atom stereocenters. The lowest BCUT2D eigenvalue weighted by Crippen LogP contribution is -2.56. The number of carbonyl (C=O) groups excluding carboxylic acids is 2. The van der Waals surface area contributed by atoms with Gasteiger partial charge in [0.25, 0.3) is 5.91 Å². The van der Waals surface area contributed by atoms with E-state index in [-0.39, 0.29) is 11.9 Å². The van der Waals surface area contributed by atoms with Gasteiger partial charge < -0.3 is 9.64 Å². The quantitative estimate of drug-likeness (QED) is 0.530. The molecule has 0 saturated carbocycles. The molecule has 4 rings (SSSR count). The molecule has 0 N–H and O–H groups in total. The van der Waals surface area contributed by atoms with Crippen molar-refractivity contribution in [1.29, 1.82) is 0 Å². The molecule has 2 aliphatic heterocycles. The summed E-state index contributed by atoms with van der Waals surface area (Å²) in [7, 11) is 1.66. The van der Waals surface area contributed by atoms with Gasteiger partial charge in [0, 0.05) is 45.1 Å². The highest BCUT2D eigenvalue weighted by Crippen LogP contribution is 2.37. The third-order valence-corrected chi connectivity index (χ3v) is 6.98. The molecule has 7 heteroatoms. The zero-order valence-corrected chi connectivity index (χ0v) is 20.2. The second-order valence-electron chi connectivity index (χ2n) is 8.96. The Bertz CT molecular complexity index is 998. The van der Waals surface area contributed by atoms with E-state index >= 15 is 0 Å². The average Bonchev–Trinajstić information content (AvgIpc) is 3.07. The molecule has 34 heavy (non-hydrogen) atoms. The minimum absolute atomic E-state index is 0.0149. The molecule has 180 valence electrons. The van der Waals surface area contributed by atoms with E-state index in [0.29, 0.717) is 25.9 Å². The lowest BCUT2D eigenvalue weighted by molar-refractivity contribution is -0.135. The highest BCUT2D eigenvalue weighted by atomic mass is 16.5. The SMILES string of the molecule is CCN1C(=O)N(CCCc2cccnc2)C(=O)C12CCN(CC=Cc1ccc(OC)cc1)CC2. The van der Waals surface area contributed by atoms with Crippen LogP contribution in [-0.4, -0.2) is 77.0 Å².